The van der Waals surface area contributed by atoms with Crippen molar-refractivity contribution < 1.29 is 13.2 Å². The van der Waals surface area contributed by atoms with Crippen molar-refractivity contribution in [2.45, 2.75) is 19.9 Å². The van der Waals surface area contributed by atoms with Crippen LogP contribution in [0.2, 0.25) is 4.34 Å². The molecule has 0 unspecified atom stereocenters. The van der Waals surface area contributed by atoms with Gasteiger partial charge >= 0.3 is 0 Å². The van der Waals surface area contributed by atoms with Crippen molar-refractivity contribution in [1.29, 1.82) is 0 Å². The minimum atomic E-state index is -3.40. The molecule has 2 rings (SSSR count). The lowest BCUT2D eigenvalue weighted by molar-refractivity contribution is 0.0940. The molecule has 1 heterocycles. The number of nitrogens with one attached hydrogen (secondary N) is 2. The number of thiophene rings is 1. The van der Waals surface area contributed by atoms with E-state index in [2.05, 4.69) is 10.0 Å². The van der Waals surface area contributed by atoms with Gasteiger partial charge in [0.05, 0.1) is 22.3 Å². The van der Waals surface area contributed by atoms with Gasteiger partial charge in [-0.3, -0.25) is 9.52 Å². The molecule has 8 heteroatoms. The van der Waals surface area contributed by atoms with Gasteiger partial charge in [0.1, 0.15) is 0 Å². The SMILES string of the molecule is Cc1ccc(C(=O)N[C@@H](C)c2ccc(Cl)s2)cc1NS(C)(=O)=O. The molecule has 2 aromatic rings. The van der Waals surface area contributed by atoms with Crippen LogP contribution in [0.1, 0.15) is 33.8 Å². The summed E-state index contributed by atoms with van der Waals surface area (Å²) in [4.78, 5) is 13.3. The molecular formula is C15H17ClN2O3S2. The molecule has 1 atom stereocenters. The van der Waals surface area contributed by atoms with Crippen LogP contribution in [0.5, 0.6) is 0 Å². The fraction of sp³-hybridized carbons (Fsp3) is 0.267. The van der Waals surface area contributed by atoms with Crippen molar-refractivity contribution in [1.82, 2.24) is 5.32 Å². The van der Waals surface area contributed by atoms with Crippen molar-refractivity contribution >= 4 is 44.6 Å². The molecular weight excluding hydrogens is 356 g/mol. The zero-order valence-electron chi connectivity index (χ0n) is 12.9. The molecule has 0 spiro atoms. The molecule has 0 saturated heterocycles. The van der Waals surface area contributed by atoms with E-state index in [1.807, 2.05) is 13.0 Å². The molecule has 0 radical (unpaired) electrons. The summed E-state index contributed by atoms with van der Waals surface area (Å²) >= 11 is 7.30. The van der Waals surface area contributed by atoms with Gasteiger partial charge in [0.25, 0.3) is 5.91 Å². The number of anilines is 1. The Morgan fingerprint density at radius 3 is 2.52 bits per heavy atom. The predicted molar refractivity (Wildman–Crippen MR) is 94.9 cm³/mol. The summed E-state index contributed by atoms with van der Waals surface area (Å²) in [6.45, 7) is 3.63. The molecule has 124 valence electrons. The average Bonchev–Trinajstić information content (AvgIpc) is 2.86. The summed E-state index contributed by atoms with van der Waals surface area (Å²) in [6, 6.07) is 8.35. The fourth-order valence-corrected chi connectivity index (χ4v) is 3.67. The molecule has 0 bridgehead atoms. The first kappa shape index (κ1) is 17.8. The van der Waals surface area contributed by atoms with E-state index in [1.165, 1.54) is 17.4 Å². The van der Waals surface area contributed by atoms with Crippen LogP contribution in [0.3, 0.4) is 0 Å². The number of halogens is 1. The Kier molecular flexibility index (Phi) is 5.33. The highest BCUT2D eigenvalue weighted by Gasteiger charge is 2.15. The monoisotopic (exact) mass is 372 g/mol. The Hall–Kier alpha value is -1.57. The first-order valence-electron chi connectivity index (χ1n) is 6.80. The van der Waals surface area contributed by atoms with E-state index in [-0.39, 0.29) is 11.9 Å². The summed E-state index contributed by atoms with van der Waals surface area (Å²) in [5.74, 6) is -0.279. The highest BCUT2D eigenvalue weighted by molar-refractivity contribution is 7.92. The van der Waals surface area contributed by atoms with Gasteiger partial charge in [0.2, 0.25) is 10.0 Å². The Morgan fingerprint density at radius 2 is 1.96 bits per heavy atom. The van der Waals surface area contributed by atoms with Gasteiger partial charge in [-0.15, -0.1) is 11.3 Å². The average molecular weight is 373 g/mol. The van der Waals surface area contributed by atoms with Gasteiger partial charge in [-0.1, -0.05) is 17.7 Å². The van der Waals surface area contributed by atoms with Crippen molar-refractivity contribution in [2.75, 3.05) is 11.0 Å². The Balaban J connectivity index is 2.17. The maximum atomic E-state index is 12.3. The topological polar surface area (TPSA) is 75.3 Å². The second-order valence-corrected chi connectivity index (χ2v) is 8.74. The lowest BCUT2D eigenvalue weighted by Crippen LogP contribution is -2.26. The van der Waals surface area contributed by atoms with Crippen LogP contribution in [-0.2, 0) is 10.0 Å². The van der Waals surface area contributed by atoms with E-state index < -0.39 is 10.0 Å². The first-order chi connectivity index (χ1) is 10.7. The second kappa shape index (κ2) is 6.90. The van der Waals surface area contributed by atoms with Crippen molar-refractivity contribution in [3.63, 3.8) is 0 Å². The Bertz CT molecular complexity index is 831. The third-order valence-electron chi connectivity index (χ3n) is 3.16. The summed E-state index contributed by atoms with van der Waals surface area (Å²) in [5.41, 5.74) is 1.52. The van der Waals surface area contributed by atoms with Gasteiger partial charge in [0.15, 0.2) is 0 Å². The number of sulfonamides is 1. The molecule has 23 heavy (non-hydrogen) atoms. The normalized spacial score (nSPS) is 12.7. The molecule has 0 fully saturated rings. The number of benzene rings is 1. The van der Waals surface area contributed by atoms with Crippen LogP contribution in [0.15, 0.2) is 30.3 Å². The molecule has 1 aromatic carbocycles. The van der Waals surface area contributed by atoms with E-state index in [0.717, 1.165) is 16.7 Å². The maximum Gasteiger partial charge on any atom is 0.251 e. The highest BCUT2D eigenvalue weighted by atomic mass is 35.5. The molecule has 0 saturated carbocycles. The van der Waals surface area contributed by atoms with Gasteiger partial charge in [-0.05, 0) is 43.7 Å². The smallest absolute Gasteiger partial charge is 0.251 e. The van der Waals surface area contributed by atoms with E-state index in [0.29, 0.717) is 15.6 Å². The number of hydrogen-bond acceptors (Lipinski definition) is 4. The molecule has 5 nitrogen and oxygen atoms in total. The first-order valence-corrected chi connectivity index (χ1v) is 9.89. The lowest BCUT2D eigenvalue weighted by atomic mass is 10.1. The van der Waals surface area contributed by atoms with Crippen LogP contribution in [0, 0.1) is 6.92 Å². The number of rotatable bonds is 5. The van der Waals surface area contributed by atoms with Crippen LogP contribution in [0.4, 0.5) is 5.69 Å². The van der Waals surface area contributed by atoms with Crippen molar-refractivity contribution in [3.8, 4) is 0 Å². The molecule has 1 aromatic heterocycles. The summed E-state index contributed by atoms with van der Waals surface area (Å²) < 4.78 is 25.8. The minimum Gasteiger partial charge on any atom is -0.345 e. The third-order valence-corrected chi connectivity index (χ3v) is 5.17. The van der Waals surface area contributed by atoms with E-state index in [9.17, 15) is 13.2 Å². The second-order valence-electron chi connectivity index (χ2n) is 5.24. The number of amides is 1. The number of carbonyl (C=O) groups excluding carboxylic acids is 1. The molecule has 1 amide bonds. The summed E-state index contributed by atoms with van der Waals surface area (Å²) in [7, 11) is -3.40. The van der Waals surface area contributed by atoms with Crippen LogP contribution < -0.4 is 10.0 Å². The zero-order chi connectivity index (χ0) is 17.2. The third kappa shape index (κ3) is 4.95. The highest BCUT2D eigenvalue weighted by Crippen LogP contribution is 2.27. The van der Waals surface area contributed by atoms with Crippen molar-refractivity contribution in [3.05, 3.63) is 50.7 Å². The van der Waals surface area contributed by atoms with Crippen LogP contribution in [-0.4, -0.2) is 20.6 Å². The van der Waals surface area contributed by atoms with Crippen LogP contribution in [0.25, 0.3) is 0 Å². The minimum absolute atomic E-state index is 0.187. The zero-order valence-corrected chi connectivity index (χ0v) is 15.3. The Morgan fingerprint density at radius 1 is 1.26 bits per heavy atom. The predicted octanol–water partition coefficient (Wildman–Crippen LogP) is 3.57. The summed E-state index contributed by atoms with van der Waals surface area (Å²) in [5, 5.41) is 2.87. The van der Waals surface area contributed by atoms with E-state index in [1.54, 1.807) is 25.1 Å². The largest absolute Gasteiger partial charge is 0.345 e. The quantitative estimate of drug-likeness (QED) is 0.842. The van der Waals surface area contributed by atoms with Gasteiger partial charge in [-0.25, -0.2) is 8.42 Å². The van der Waals surface area contributed by atoms with Crippen LogP contribution >= 0.6 is 22.9 Å². The maximum absolute atomic E-state index is 12.3. The van der Waals surface area contributed by atoms with Gasteiger partial charge < -0.3 is 5.32 Å². The standard InChI is InChI=1S/C15H17ClN2O3S2/c1-9-4-5-11(8-12(9)18-23(3,20)21)15(19)17-10(2)13-6-7-14(16)22-13/h4-8,10,18H,1-3H3,(H,17,19)/t10-/m0/s1. The van der Waals surface area contributed by atoms with Gasteiger partial charge in [-0.2, -0.15) is 0 Å². The fourth-order valence-electron chi connectivity index (χ4n) is 1.99. The molecule has 0 aliphatic heterocycles. The number of carbonyl (C=O) groups is 1. The van der Waals surface area contributed by atoms with Crippen molar-refractivity contribution in [2.24, 2.45) is 0 Å². The molecule has 0 aliphatic carbocycles. The number of hydrogen-bond donors (Lipinski definition) is 2. The summed E-state index contributed by atoms with van der Waals surface area (Å²) in [6.07, 6.45) is 1.07. The Labute approximate surface area is 144 Å². The van der Waals surface area contributed by atoms with Gasteiger partial charge in [0, 0.05) is 10.4 Å². The molecule has 2 N–H and O–H groups in total. The van der Waals surface area contributed by atoms with E-state index >= 15 is 0 Å². The van der Waals surface area contributed by atoms with E-state index in [4.69, 9.17) is 11.6 Å². The molecule has 0 aliphatic rings. The lowest BCUT2D eigenvalue weighted by Gasteiger charge is -2.14. The number of aryl methyl sites for hydroxylation is 1.